The van der Waals surface area contributed by atoms with Crippen molar-refractivity contribution in [3.63, 3.8) is 0 Å². The molecule has 282 valence electrons. The van der Waals surface area contributed by atoms with E-state index in [1.54, 1.807) is 0 Å². The molecule has 0 radical (unpaired) electrons. The quantitative estimate of drug-likeness (QED) is 0.153. The predicted molar refractivity (Wildman–Crippen MR) is 253 cm³/mol. The molecule has 0 saturated carbocycles. The largest absolute Gasteiger partial charge is 0.455 e. The normalized spacial score (nSPS) is 11.3. The van der Waals surface area contributed by atoms with Crippen molar-refractivity contribution in [2.75, 3.05) is 4.90 Å². The number of furan rings is 1. The summed E-state index contributed by atoms with van der Waals surface area (Å²) in [5, 5.41) is 4.54. The Morgan fingerprint density at radius 1 is 0.300 bits per heavy atom. The second kappa shape index (κ2) is 15.1. The van der Waals surface area contributed by atoms with E-state index in [0.29, 0.717) is 0 Å². The third kappa shape index (κ3) is 6.32. The third-order valence-electron chi connectivity index (χ3n) is 11.7. The zero-order valence-electron chi connectivity index (χ0n) is 32.9. The predicted octanol–water partition coefficient (Wildman–Crippen LogP) is 16.5. The van der Waals surface area contributed by atoms with Gasteiger partial charge >= 0.3 is 0 Å². The van der Waals surface area contributed by atoms with Gasteiger partial charge < -0.3 is 9.32 Å². The molecule has 0 aliphatic heterocycles. The Hall–Kier alpha value is -7.94. The summed E-state index contributed by atoms with van der Waals surface area (Å²) in [7, 11) is 0. The lowest BCUT2D eigenvalue weighted by atomic mass is 9.94. The van der Waals surface area contributed by atoms with Gasteiger partial charge in [0.05, 0.1) is 16.8 Å². The minimum atomic E-state index is 0.858. The standard InChI is InChI=1S/C58H39NO/c1-4-16-40(17-5-1)42-30-32-43(33-31-42)46-24-14-25-48(38-46)59(54-36-34-47(41-18-6-2-7-19-41)39-53(54)45-20-8-3-9-21-45)55-37-35-51(50-28-15-23-44-22-10-11-26-49(44)50)58-57(55)52-27-12-13-29-56(52)60-58/h1-39H. The molecule has 1 aromatic heterocycles. The van der Waals surface area contributed by atoms with Crippen molar-refractivity contribution in [3.8, 4) is 55.6 Å². The zero-order chi connectivity index (χ0) is 39.8. The van der Waals surface area contributed by atoms with E-state index in [2.05, 4.69) is 241 Å². The van der Waals surface area contributed by atoms with Crippen LogP contribution < -0.4 is 4.90 Å². The lowest BCUT2D eigenvalue weighted by Gasteiger charge is -2.30. The fourth-order valence-electron chi connectivity index (χ4n) is 8.78. The van der Waals surface area contributed by atoms with Crippen LogP contribution in [0.2, 0.25) is 0 Å². The molecule has 11 rings (SSSR count). The molecule has 2 nitrogen and oxygen atoms in total. The van der Waals surface area contributed by atoms with Gasteiger partial charge in [0, 0.05) is 22.2 Å². The van der Waals surface area contributed by atoms with Crippen LogP contribution >= 0.6 is 0 Å². The first-order valence-electron chi connectivity index (χ1n) is 20.5. The molecule has 0 bridgehead atoms. The van der Waals surface area contributed by atoms with Gasteiger partial charge in [0.2, 0.25) is 0 Å². The van der Waals surface area contributed by atoms with Crippen LogP contribution in [0.4, 0.5) is 17.1 Å². The number of anilines is 3. The van der Waals surface area contributed by atoms with Crippen LogP contribution in [0.3, 0.4) is 0 Å². The fraction of sp³-hybridized carbons (Fsp3) is 0. The number of para-hydroxylation sites is 1. The molecular weight excluding hydrogens is 727 g/mol. The number of rotatable bonds is 8. The van der Waals surface area contributed by atoms with Crippen LogP contribution in [0, 0.1) is 0 Å². The number of benzene rings is 10. The Morgan fingerprint density at radius 3 is 1.57 bits per heavy atom. The molecule has 0 amide bonds. The summed E-state index contributed by atoms with van der Waals surface area (Å²) < 4.78 is 6.96. The van der Waals surface area contributed by atoms with Gasteiger partial charge in [0.15, 0.2) is 0 Å². The summed E-state index contributed by atoms with van der Waals surface area (Å²) >= 11 is 0. The molecule has 0 aliphatic rings. The second-order valence-electron chi connectivity index (χ2n) is 15.3. The van der Waals surface area contributed by atoms with Crippen LogP contribution in [-0.4, -0.2) is 0 Å². The van der Waals surface area contributed by atoms with E-state index in [0.717, 1.165) is 77.9 Å². The third-order valence-corrected chi connectivity index (χ3v) is 11.7. The fourth-order valence-corrected chi connectivity index (χ4v) is 8.78. The first-order valence-corrected chi connectivity index (χ1v) is 20.5. The molecule has 1 heterocycles. The van der Waals surface area contributed by atoms with E-state index >= 15 is 0 Å². The van der Waals surface area contributed by atoms with E-state index in [1.807, 2.05) is 0 Å². The molecule has 0 fully saturated rings. The highest BCUT2D eigenvalue weighted by Crippen LogP contribution is 2.49. The van der Waals surface area contributed by atoms with Crippen LogP contribution in [-0.2, 0) is 0 Å². The van der Waals surface area contributed by atoms with Crippen molar-refractivity contribution in [1.82, 2.24) is 0 Å². The van der Waals surface area contributed by atoms with Gasteiger partial charge in [-0.05, 0) is 97.7 Å². The zero-order valence-corrected chi connectivity index (χ0v) is 32.9. The number of hydrogen-bond acceptors (Lipinski definition) is 2. The summed E-state index contributed by atoms with van der Waals surface area (Å²) in [6.07, 6.45) is 0. The van der Waals surface area contributed by atoms with Gasteiger partial charge in [-0.15, -0.1) is 0 Å². The van der Waals surface area contributed by atoms with Crippen LogP contribution in [0.15, 0.2) is 241 Å². The Labute approximate surface area is 349 Å². The second-order valence-corrected chi connectivity index (χ2v) is 15.3. The number of nitrogens with zero attached hydrogens (tertiary/aromatic N) is 1. The molecule has 0 saturated heterocycles. The van der Waals surface area contributed by atoms with E-state index in [4.69, 9.17) is 4.42 Å². The Morgan fingerprint density at radius 2 is 0.817 bits per heavy atom. The summed E-state index contributed by atoms with van der Waals surface area (Å²) in [6, 6.07) is 84.8. The van der Waals surface area contributed by atoms with E-state index in [9.17, 15) is 0 Å². The molecule has 0 N–H and O–H groups in total. The average Bonchev–Trinajstić information content (AvgIpc) is 3.73. The Kier molecular flexibility index (Phi) is 8.87. The lowest BCUT2D eigenvalue weighted by Crippen LogP contribution is -2.12. The molecule has 0 atom stereocenters. The van der Waals surface area contributed by atoms with Gasteiger partial charge in [0.25, 0.3) is 0 Å². The van der Waals surface area contributed by atoms with Crippen molar-refractivity contribution in [1.29, 1.82) is 0 Å². The van der Waals surface area contributed by atoms with Gasteiger partial charge in [-0.2, -0.15) is 0 Å². The first-order chi connectivity index (χ1) is 29.8. The molecule has 0 aliphatic carbocycles. The van der Waals surface area contributed by atoms with Crippen molar-refractivity contribution in [2.24, 2.45) is 0 Å². The monoisotopic (exact) mass is 765 g/mol. The summed E-state index contributed by atoms with van der Waals surface area (Å²) in [5.41, 5.74) is 16.4. The first kappa shape index (κ1) is 35.2. The SMILES string of the molecule is c1ccc(-c2ccc(-c3cccc(N(c4ccc(-c5ccccc5)cc4-c4ccccc4)c4ccc(-c5cccc6ccccc56)c5oc6ccccc6c45)c3)cc2)cc1. The molecule has 0 spiro atoms. The minimum absolute atomic E-state index is 0.858. The topological polar surface area (TPSA) is 16.4 Å². The highest BCUT2D eigenvalue weighted by molar-refractivity contribution is 6.19. The Bertz CT molecular complexity index is 3290. The van der Waals surface area contributed by atoms with E-state index in [-0.39, 0.29) is 0 Å². The molecule has 10 aromatic carbocycles. The maximum atomic E-state index is 6.96. The molecular formula is C58H39NO. The minimum Gasteiger partial charge on any atom is -0.455 e. The molecule has 60 heavy (non-hydrogen) atoms. The lowest BCUT2D eigenvalue weighted by molar-refractivity contribution is 0.670. The summed E-state index contributed by atoms with van der Waals surface area (Å²) in [5.74, 6) is 0. The van der Waals surface area contributed by atoms with Crippen molar-refractivity contribution < 1.29 is 4.42 Å². The van der Waals surface area contributed by atoms with Crippen LogP contribution in [0.1, 0.15) is 0 Å². The van der Waals surface area contributed by atoms with Gasteiger partial charge in [-0.3, -0.25) is 0 Å². The van der Waals surface area contributed by atoms with Crippen LogP contribution in [0.5, 0.6) is 0 Å². The van der Waals surface area contributed by atoms with Crippen molar-refractivity contribution >= 4 is 49.8 Å². The maximum absolute atomic E-state index is 6.96. The van der Waals surface area contributed by atoms with E-state index in [1.165, 1.54) is 27.5 Å². The van der Waals surface area contributed by atoms with Gasteiger partial charge in [-0.1, -0.05) is 194 Å². The van der Waals surface area contributed by atoms with Gasteiger partial charge in [-0.25, -0.2) is 0 Å². The van der Waals surface area contributed by atoms with Crippen LogP contribution in [0.25, 0.3) is 88.3 Å². The maximum Gasteiger partial charge on any atom is 0.145 e. The molecule has 2 heteroatoms. The highest BCUT2D eigenvalue weighted by Gasteiger charge is 2.25. The molecule has 0 unspecified atom stereocenters. The number of hydrogen-bond donors (Lipinski definition) is 0. The van der Waals surface area contributed by atoms with E-state index < -0.39 is 0 Å². The smallest absolute Gasteiger partial charge is 0.145 e. The number of fused-ring (bicyclic) bond motifs is 4. The summed E-state index contributed by atoms with van der Waals surface area (Å²) in [4.78, 5) is 2.44. The van der Waals surface area contributed by atoms with Crippen molar-refractivity contribution in [3.05, 3.63) is 237 Å². The Balaban J connectivity index is 1.17. The van der Waals surface area contributed by atoms with Crippen molar-refractivity contribution in [2.45, 2.75) is 0 Å². The van der Waals surface area contributed by atoms with Gasteiger partial charge in [0.1, 0.15) is 11.2 Å². The summed E-state index contributed by atoms with van der Waals surface area (Å²) in [6.45, 7) is 0. The highest BCUT2D eigenvalue weighted by atomic mass is 16.3. The molecule has 11 aromatic rings. The average molecular weight is 766 g/mol.